The van der Waals surface area contributed by atoms with Crippen molar-refractivity contribution in [1.29, 1.82) is 0 Å². The maximum atomic E-state index is 4.22. The lowest BCUT2D eigenvalue weighted by atomic mass is 10.2. The molecule has 0 aliphatic heterocycles. The van der Waals surface area contributed by atoms with Crippen molar-refractivity contribution < 1.29 is 0 Å². The lowest BCUT2D eigenvalue weighted by Crippen LogP contribution is -1.88. The van der Waals surface area contributed by atoms with E-state index in [2.05, 4.69) is 20.2 Å². The van der Waals surface area contributed by atoms with Crippen LogP contribution in [0.1, 0.15) is 22.8 Å². The van der Waals surface area contributed by atoms with Gasteiger partial charge in [0, 0.05) is 12.4 Å². The van der Waals surface area contributed by atoms with Crippen LogP contribution in [-0.4, -0.2) is 20.2 Å². The van der Waals surface area contributed by atoms with E-state index in [0.29, 0.717) is 0 Å². The topological polar surface area (TPSA) is 51.6 Å². The minimum absolute atomic E-state index is 0.792. The fraction of sp³-hybridized carbons (Fsp3) is 0. The van der Waals surface area contributed by atoms with Gasteiger partial charge in [-0.1, -0.05) is 12.1 Å². The molecule has 0 amide bonds. The molecule has 0 saturated carbocycles. The maximum absolute atomic E-state index is 4.22. The smallest absolute Gasteiger partial charge is 0.0858 e. The van der Waals surface area contributed by atoms with Crippen molar-refractivity contribution in [2.45, 2.75) is 0 Å². The first-order chi connectivity index (χ1) is 10.9. The monoisotopic (exact) mass is 286 g/mol. The molecular formula is C18H14N4. The molecule has 0 saturated heterocycles. The number of aromatic nitrogens is 4. The Balaban J connectivity index is 1.68. The lowest BCUT2D eigenvalue weighted by molar-refractivity contribution is 1.00. The summed E-state index contributed by atoms with van der Waals surface area (Å²) in [6.07, 6.45) is 11.1. The van der Waals surface area contributed by atoms with E-state index in [1.165, 1.54) is 0 Å². The van der Waals surface area contributed by atoms with Gasteiger partial charge in [-0.25, -0.2) is 0 Å². The van der Waals surface area contributed by atoms with Crippen LogP contribution in [0, 0.1) is 0 Å². The third-order valence-electron chi connectivity index (χ3n) is 2.93. The zero-order valence-electron chi connectivity index (χ0n) is 11.9. The summed E-state index contributed by atoms with van der Waals surface area (Å²) < 4.78 is 0. The molecule has 3 aromatic rings. The van der Waals surface area contributed by atoms with Gasteiger partial charge in [-0.2, -0.15) is 10.2 Å². The van der Waals surface area contributed by atoms with Gasteiger partial charge >= 0.3 is 0 Å². The second-order valence-electron chi connectivity index (χ2n) is 4.56. The quantitative estimate of drug-likeness (QED) is 0.735. The van der Waals surface area contributed by atoms with Gasteiger partial charge < -0.3 is 0 Å². The Labute approximate surface area is 128 Å². The lowest BCUT2D eigenvalue weighted by Gasteiger charge is -1.95. The summed E-state index contributed by atoms with van der Waals surface area (Å²) in [5, 5.41) is 8.34. The average Bonchev–Trinajstić information content (AvgIpc) is 2.61. The predicted octanol–water partition coefficient (Wildman–Crippen LogP) is 3.61. The van der Waals surface area contributed by atoms with E-state index in [9.17, 15) is 0 Å². The maximum Gasteiger partial charge on any atom is 0.0858 e. The Bertz CT molecular complexity index is 695. The summed E-state index contributed by atoms with van der Waals surface area (Å²) in [5.74, 6) is 0. The highest BCUT2D eigenvalue weighted by Gasteiger charge is 1.93. The standard InChI is InChI=1S/C18H14N4/c1-3-13-19-15(5-1)7-9-17-11-12-18(22-21-17)10-8-16-6-2-4-14-20-16/h1-14H/b9-7+,10-8+. The van der Waals surface area contributed by atoms with Gasteiger partial charge in [0.2, 0.25) is 0 Å². The van der Waals surface area contributed by atoms with Crippen molar-refractivity contribution in [1.82, 2.24) is 20.2 Å². The third kappa shape index (κ3) is 3.93. The third-order valence-corrected chi connectivity index (χ3v) is 2.93. The van der Waals surface area contributed by atoms with Crippen LogP contribution in [-0.2, 0) is 0 Å². The number of hydrogen-bond acceptors (Lipinski definition) is 4. The molecule has 3 aromatic heterocycles. The van der Waals surface area contributed by atoms with Gasteiger partial charge in [0.1, 0.15) is 0 Å². The van der Waals surface area contributed by atoms with Crippen LogP contribution in [0.2, 0.25) is 0 Å². The van der Waals surface area contributed by atoms with E-state index in [-0.39, 0.29) is 0 Å². The summed E-state index contributed by atoms with van der Waals surface area (Å²) in [5.41, 5.74) is 3.37. The molecule has 4 heteroatoms. The summed E-state index contributed by atoms with van der Waals surface area (Å²) in [4.78, 5) is 8.44. The van der Waals surface area contributed by atoms with Gasteiger partial charge in [0.25, 0.3) is 0 Å². The van der Waals surface area contributed by atoms with Gasteiger partial charge in [-0.15, -0.1) is 0 Å². The number of hydrogen-bond donors (Lipinski definition) is 0. The second-order valence-corrected chi connectivity index (χ2v) is 4.56. The Hall–Kier alpha value is -3.14. The minimum Gasteiger partial charge on any atom is -0.257 e. The van der Waals surface area contributed by atoms with E-state index >= 15 is 0 Å². The highest BCUT2D eigenvalue weighted by atomic mass is 15.1. The minimum atomic E-state index is 0.792. The van der Waals surface area contributed by atoms with E-state index in [4.69, 9.17) is 0 Å². The molecule has 0 unspecified atom stereocenters. The van der Waals surface area contributed by atoms with E-state index in [0.717, 1.165) is 22.8 Å². The van der Waals surface area contributed by atoms with Crippen molar-refractivity contribution in [3.05, 3.63) is 83.7 Å². The molecule has 0 atom stereocenters. The normalized spacial score (nSPS) is 11.3. The first-order valence-corrected chi connectivity index (χ1v) is 6.92. The van der Waals surface area contributed by atoms with Crippen LogP contribution in [0.15, 0.2) is 60.9 Å². The first-order valence-electron chi connectivity index (χ1n) is 6.92. The van der Waals surface area contributed by atoms with Gasteiger partial charge in [0.05, 0.1) is 22.8 Å². The molecule has 0 aliphatic rings. The van der Waals surface area contributed by atoms with Gasteiger partial charge in [-0.3, -0.25) is 9.97 Å². The van der Waals surface area contributed by atoms with Crippen LogP contribution in [0.25, 0.3) is 24.3 Å². The van der Waals surface area contributed by atoms with E-state index in [1.807, 2.05) is 72.8 Å². The number of nitrogens with zero attached hydrogens (tertiary/aromatic N) is 4. The molecule has 0 radical (unpaired) electrons. The summed E-state index contributed by atoms with van der Waals surface area (Å²) >= 11 is 0. The van der Waals surface area contributed by atoms with E-state index in [1.54, 1.807) is 12.4 Å². The molecule has 106 valence electrons. The van der Waals surface area contributed by atoms with Crippen molar-refractivity contribution in [3.8, 4) is 0 Å². The number of rotatable bonds is 4. The van der Waals surface area contributed by atoms with Crippen LogP contribution in [0.5, 0.6) is 0 Å². The van der Waals surface area contributed by atoms with Gasteiger partial charge in [-0.05, 0) is 60.7 Å². The van der Waals surface area contributed by atoms with Crippen molar-refractivity contribution in [3.63, 3.8) is 0 Å². The highest BCUT2D eigenvalue weighted by Crippen LogP contribution is 2.06. The van der Waals surface area contributed by atoms with Crippen LogP contribution in [0.4, 0.5) is 0 Å². The summed E-state index contributed by atoms with van der Waals surface area (Å²) in [6.45, 7) is 0. The summed E-state index contributed by atoms with van der Waals surface area (Å²) in [7, 11) is 0. The van der Waals surface area contributed by atoms with Gasteiger partial charge in [0.15, 0.2) is 0 Å². The molecule has 0 spiro atoms. The SMILES string of the molecule is C(=C\c1ccc(/C=C/c2ccccn2)nn1)/c1ccccn1. The zero-order chi connectivity index (χ0) is 15.0. The van der Waals surface area contributed by atoms with Crippen molar-refractivity contribution in [2.75, 3.05) is 0 Å². The van der Waals surface area contributed by atoms with Crippen molar-refractivity contribution in [2.24, 2.45) is 0 Å². The molecular weight excluding hydrogens is 272 g/mol. The molecule has 3 rings (SSSR count). The summed E-state index contributed by atoms with van der Waals surface area (Å²) in [6, 6.07) is 15.4. The number of pyridine rings is 2. The molecule has 22 heavy (non-hydrogen) atoms. The second kappa shape index (κ2) is 7.04. The fourth-order valence-corrected chi connectivity index (χ4v) is 1.82. The largest absolute Gasteiger partial charge is 0.257 e. The van der Waals surface area contributed by atoms with E-state index < -0.39 is 0 Å². The molecule has 0 bridgehead atoms. The molecule has 0 fully saturated rings. The molecule has 0 aliphatic carbocycles. The highest BCUT2D eigenvalue weighted by molar-refractivity contribution is 5.68. The molecule has 4 nitrogen and oxygen atoms in total. The molecule has 3 heterocycles. The fourth-order valence-electron chi connectivity index (χ4n) is 1.82. The molecule has 0 aromatic carbocycles. The zero-order valence-corrected chi connectivity index (χ0v) is 11.9. The van der Waals surface area contributed by atoms with Crippen LogP contribution >= 0.6 is 0 Å². The first kappa shape index (κ1) is 13.8. The Morgan fingerprint density at radius 3 is 1.32 bits per heavy atom. The Kier molecular flexibility index (Phi) is 4.42. The van der Waals surface area contributed by atoms with Crippen LogP contribution in [0.3, 0.4) is 0 Å². The van der Waals surface area contributed by atoms with Crippen LogP contribution < -0.4 is 0 Å². The molecule has 0 N–H and O–H groups in total. The Morgan fingerprint density at radius 1 is 0.500 bits per heavy atom. The average molecular weight is 286 g/mol. The van der Waals surface area contributed by atoms with Crippen molar-refractivity contribution >= 4 is 24.3 Å². The predicted molar refractivity (Wildman–Crippen MR) is 88.4 cm³/mol. The Morgan fingerprint density at radius 2 is 0.955 bits per heavy atom.